The monoisotopic (exact) mass is 311 g/mol. The van der Waals surface area contributed by atoms with E-state index >= 15 is 0 Å². The van der Waals surface area contributed by atoms with Gasteiger partial charge in [0.25, 0.3) is 0 Å². The molecule has 1 heterocycles. The summed E-state index contributed by atoms with van der Waals surface area (Å²) in [5.41, 5.74) is 0.939. The van der Waals surface area contributed by atoms with Crippen molar-refractivity contribution in [1.82, 2.24) is 10.1 Å². The van der Waals surface area contributed by atoms with E-state index in [1.807, 2.05) is 13.8 Å². The second-order valence-electron chi connectivity index (χ2n) is 4.73. The molecule has 1 aromatic rings. The van der Waals surface area contributed by atoms with Crippen molar-refractivity contribution < 1.29 is 14.1 Å². The molecule has 7 heteroatoms. The molecule has 0 saturated carbocycles. The fourth-order valence-electron chi connectivity index (χ4n) is 1.63. The third kappa shape index (κ3) is 6.48. The molecule has 0 atom stereocenters. The SMILES string of the molecule is C=C(C)CN(CC)C(=O)CSCC(=O)Nc1cc(C)on1. The van der Waals surface area contributed by atoms with Gasteiger partial charge in [-0.1, -0.05) is 17.3 Å². The van der Waals surface area contributed by atoms with E-state index in [0.29, 0.717) is 24.7 Å². The van der Waals surface area contributed by atoms with Crippen LogP contribution in [0.5, 0.6) is 0 Å². The highest BCUT2D eigenvalue weighted by molar-refractivity contribution is 8.00. The van der Waals surface area contributed by atoms with Crippen LogP contribution in [0.4, 0.5) is 5.82 Å². The van der Waals surface area contributed by atoms with Crippen LogP contribution in [0.1, 0.15) is 19.6 Å². The smallest absolute Gasteiger partial charge is 0.235 e. The molecule has 116 valence electrons. The Morgan fingerprint density at radius 2 is 2.19 bits per heavy atom. The third-order valence-corrected chi connectivity index (χ3v) is 3.47. The van der Waals surface area contributed by atoms with Gasteiger partial charge in [0, 0.05) is 19.2 Å². The number of rotatable bonds is 8. The number of amides is 2. The second-order valence-corrected chi connectivity index (χ2v) is 5.71. The number of thioether (sulfide) groups is 1. The first kappa shape index (κ1) is 17.3. The summed E-state index contributed by atoms with van der Waals surface area (Å²) >= 11 is 1.27. The Labute approximate surface area is 128 Å². The molecule has 0 aliphatic carbocycles. The molecule has 2 amide bonds. The first-order chi connectivity index (χ1) is 9.92. The summed E-state index contributed by atoms with van der Waals surface area (Å²) in [6, 6.07) is 1.64. The summed E-state index contributed by atoms with van der Waals surface area (Å²) in [5.74, 6) is 1.29. The highest BCUT2D eigenvalue weighted by atomic mass is 32.2. The number of carbonyl (C=O) groups excluding carboxylic acids is 2. The Morgan fingerprint density at radius 3 is 2.71 bits per heavy atom. The van der Waals surface area contributed by atoms with Crippen molar-refractivity contribution in [2.45, 2.75) is 20.8 Å². The van der Waals surface area contributed by atoms with Crippen molar-refractivity contribution in [3.05, 3.63) is 24.0 Å². The lowest BCUT2D eigenvalue weighted by Gasteiger charge is -2.20. The molecule has 21 heavy (non-hydrogen) atoms. The summed E-state index contributed by atoms with van der Waals surface area (Å²) in [7, 11) is 0. The Morgan fingerprint density at radius 1 is 1.48 bits per heavy atom. The summed E-state index contributed by atoms with van der Waals surface area (Å²) in [5, 5.41) is 6.28. The third-order valence-electron chi connectivity index (χ3n) is 2.55. The zero-order valence-electron chi connectivity index (χ0n) is 12.6. The van der Waals surface area contributed by atoms with Gasteiger partial charge in [0.1, 0.15) is 5.76 Å². The minimum atomic E-state index is -0.205. The molecule has 0 fully saturated rings. The van der Waals surface area contributed by atoms with Crippen molar-refractivity contribution in [2.75, 3.05) is 29.9 Å². The van der Waals surface area contributed by atoms with E-state index < -0.39 is 0 Å². The standard InChI is InChI=1S/C14H21N3O3S/c1-5-17(7-10(2)3)14(19)9-21-8-13(18)15-12-6-11(4)20-16-12/h6H,2,5,7-9H2,1,3-4H3,(H,15,16,18). The van der Waals surface area contributed by atoms with Crippen molar-refractivity contribution in [2.24, 2.45) is 0 Å². The first-order valence-corrected chi connectivity index (χ1v) is 7.81. The zero-order valence-corrected chi connectivity index (χ0v) is 13.5. The second kappa shape index (κ2) is 8.51. The Bertz CT molecular complexity index is 513. The highest BCUT2D eigenvalue weighted by Crippen LogP contribution is 2.09. The van der Waals surface area contributed by atoms with Gasteiger partial charge in [0.05, 0.1) is 11.5 Å². The van der Waals surface area contributed by atoms with Gasteiger partial charge < -0.3 is 14.7 Å². The molecule has 0 bridgehead atoms. The van der Waals surface area contributed by atoms with Crippen LogP contribution >= 0.6 is 11.8 Å². The molecule has 0 spiro atoms. The lowest BCUT2D eigenvalue weighted by molar-refractivity contribution is -0.127. The van der Waals surface area contributed by atoms with E-state index in [1.54, 1.807) is 17.9 Å². The van der Waals surface area contributed by atoms with Crippen LogP contribution in [-0.2, 0) is 9.59 Å². The van der Waals surface area contributed by atoms with E-state index in [4.69, 9.17) is 4.52 Å². The molecule has 1 rings (SSSR count). The van der Waals surface area contributed by atoms with Gasteiger partial charge >= 0.3 is 0 Å². The van der Waals surface area contributed by atoms with Gasteiger partial charge in [-0.3, -0.25) is 9.59 Å². The number of carbonyl (C=O) groups is 2. The number of nitrogens with one attached hydrogen (secondary N) is 1. The van der Waals surface area contributed by atoms with E-state index in [0.717, 1.165) is 5.57 Å². The lowest BCUT2D eigenvalue weighted by atomic mass is 10.3. The maximum absolute atomic E-state index is 12.0. The topological polar surface area (TPSA) is 75.4 Å². The summed E-state index contributed by atoms with van der Waals surface area (Å²) in [4.78, 5) is 25.3. The highest BCUT2D eigenvalue weighted by Gasteiger charge is 2.13. The molecule has 1 N–H and O–H groups in total. The zero-order chi connectivity index (χ0) is 15.8. The number of likely N-dealkylation sites (N-methyl/N-ethyl adjacent to an activating group) is 1. The van der Waals surface area contributed by atoms with Gasteiger partial charge in [0.2, 0.25) is 11.8 Å². The van der Waals surface area contributed by atoms with E-state index in [9.17, 15) is 9.59 Å². The van der Waals surface area contributed by atoms with Crippen LogP contribution in [-0.4, -0.2) is 46.5 Å². The molecule has 1 aromatic heterocycles. The quantitative estimate of drug-likeness (QED) is 0.744. The largest absolute Gasteiger partial charge is 0.360 e. The molecule has 0 aliphatic heterocycles. The van der Waals surface area contributed by atoms with Crippen LogP contribution < -0.4 is 5.32 Å². The van der Waals surface area contributed by atoms with Crippen LogP contribution in [0.2, 0.25) is 0 Å². The maximum Gasteiger partial charge on any atom is 0.235 e. The van der Waals surface area contributed by atoms with Crippen LogP contribution in [0, 0.1) is 6.92 Å². The predicted octanol–water partition coefficient (Wildman–Crippen LogP) is 2.08. The van der Waals surface area contributed by atoms with Crippen molar-refractivity contribution >= 4 is 29.4 Å². The Hall–Kier alpha value is -1.76. The number of aromatic nitrogens is 1. The van der Waals surface area contributed by atoms with E-state index in [2.05, 4.69) is 17.1 Å². The van der Waals surface area contributed by atoms with E-state index in [1.165, 1.54) is 11.8 Å². The molecule has 0 aromatic carbocycles. The minimum Gasteiger partial charge on any atom is -0.360 e. The molecule has 0 radical (unpaired) electrons. The lowest BCUT2D eigenvalue weighted by Crippen LogP contribution is -2.33. The van der Waals surface area contributed by atoms with Crippen molar-refractivity contribution in [3.63, 3.8) is 0 Å². The molecule has 0 saturated heterocycles. The number of aryl methyl sites for hydroxylation is 1. The maximum atomic E-state index is 12.0. The van der Waals surface area contributed by atoms with E-state index in [-0.39, 0.29) is 23.3 Å². The normalized spacial score (nSPS) is 10.2. The number of nitrogens with zero attached hydrogens (tertiary/aromatic N) is 2. The van der Waals surface area contributed by atoms with Gasteiger partial charge in [-0.05, 0) is 20.8 Å². The number of anilines is 1. The molecular weight excluding hydrogens is 290 g/mol. The summed E-state index contributed by atoms with van der Waals surface area (Å²) in [6.45, 7) is 10.5. The minimum absolute atomic E-state index is 0.00980. The van der Waals surface area contributed by atoms with Gasteiger partial charge in [0.15, 0.2) is 5.82 Å². The van der Waals surface area contributed by atoms with Crippen molar-refractivity contribution in [3.8, 4) is 0 Å². The van der Waals surface area contributed by atoms with Gasteiger partial charge in [-0.2, -0.15) is 0 Å². The first-order valence-electron chi connectivity index (χ1n) is 6.65. The fourth-order valence-corrected chi connectivity index (χ4v) is 2.35. The van der Waals surface area contributed by atoms with Crippen LogP contribution in [0.3, 0.4) is 0 Å². The predicted molar refractivity (Wildman–Crippen MR) is 84.3 cm³/mol. The number of hydrogen-bond acceptors (Lipinski definition) is 5. The molecule has 6 nitrogen and oxygen atoms in total. The summed E-state index contributed by atoms with van der Waals surface area (Å²) in [6.07, 6.45) is 0. The average Bonchev–Trinajstić information content (AvgIpc) is 2.80. The van der Waals surface area contributed by atoms with Gasteiger partial charge in [-0.15, -0.1) is 11.8 Å². The van der Waals surface area contributed by atoms with Gasteiger partial charge in [-0.25, -0.2) is 0 Å². The number of hydrogen-bond donors (Lipinski definition) is 1. The molecule has 0 aliphatic rings. The molecule has 0 unspecified atom stereocenters. The van der Waals surface area contributed by atoms with Crippen LogP contribution in [0.25, 0.3) is 0 Å². The Balaban J connectivity index is 2.30. The van der Waals surface area contributed by atoms with Crippen LogP contribution in [0.15, 0.2) is 22.7 Å². The van der Waals surface area contributed by atoms with Crippen molar-refractivity contribution in [1.29, 1.82) is 0 Å². The fraction of sp³-hybridized carbons (Fsp3) is 0.500. The summed E-state index contributed by atoms with van der Waals surface area (Å²) < 4.78 is 4.85. The molecular formula is C14H21N3O3S. The average molecular weight is 311 g/mol. The Kier molecular flexibility index (Phi) is 7.01.